The molecule has 0 aromatic carbocycles. The second kappa shape index (κ2) is 5.60. The van der Waals surface area contributed by atoms with Crippen LogP contribution in [0.4, 0.5) is 4.79 Å². The maximum Gasteiger partial charge on any atom is 0.329 e. The Bertz CT molecular complexity index is 383. The van der Waals surface area contributed by atoms with Gasteiger partial charge in [-0.1, -0.05) is 13.8 Å². The molecule has 6 nitrogen and oxygen atoms in total. The summed E-state index contributed by atoms with van der Waals surface area (Å²) >= 11 is 0. The monoisotopic (exact) mass is 284 g/mol. The summed E-state index contributed by atoms with van der Waals surface area (Å²) < 4.78 is 5.32. The fraction of sp³-hybridized carbons (Fsp3) is 0.857. The number of ether oxygens (including phenoxy) is 1. The van der Waals surface area contributed by atoms with Gasteiger partial charge in [0.25, 0.3) is 0 Å². The van der Waals surface area contributed by atoms with Crippen LogP contribution in [-0.4, -0.2) is 65.3 Å². The van der Waals surface area contributed by atoms with Gasteiger partial charge in [0.2, 0.25) is 0 Å². The lowest BCUT2D eigenvalue weighted by Crippen LogP contribution is -2.66. The highest BCUT2D eigenvalue weighted by atomic mass is 16.5. The van der Waals surface area contributed by atoms with Crippen molar-refractivity contribution in [1.82, 2.24) is 9.80 Å². The molecule has 2 aliphatic rings. The predicted octanol–water partition coefficient (Wildman–Crippen LogP) is 1.26. The summed E-state index contributed by atoms with van der Waals surface area (Å²) in [6.07, 6.45) is 1.17. The molecular formula is C14H24N2O4. The molecule has 20 heavy (non-hydrogen) atoms. The molecule has 0 saturated carbocycles. The summed E-state index contributed by atoms with van der Waals surface area (Å²) in [6, 6.07) is 0.0554. The number of nitrogens with zero attached hydrogens (tertiary/aromatic N) is 2. The van der Waals surface area contributed by atoms with Gasteiger partial charge in [0, 0.05) is 13.1 Å². The maximum atomic E-state index is 12.4. The van der Waals surface area contributed by atoms with Gasteiger partial charge < -0.3 is 19.6 Å². The number of amides is 2. The van der Waals surface area contributed by atoms with E-state index in [1.807, 2.05) is 11.8 Å². The van der Waals surface area contributed by atoms with E-state index in [-0.39, 0.29) is 12.6 Å². The molecule has 0 bridgehead atoms. The summed E-state index contributed by atoms with van der Waals surface area (Å²) in [5.41, 5.74) is -0.513. The van der Waals surface area contributed by atoms with Gasteiger partial charge in [-0.05, 0) is 25.2 Å². The zero-order chi connectivity index (χ0) is 14.9. The number of carbonyl (C=O) groups is 2. The van der Waals surface area contributed by atoms with Gasteiger partial charge in [-0.25, -0.2) is 9.59 Å². The molecule has 0 spiro atoms. The van der Waals surface area contributed by atoms with E-state index in [1.165, 1.54) is 6.42 Å². The Balaban J connectivity index is 1.82. The molecule has 0 aromatic heterocycles. The lowest BCUT2D eigenvalue weighted by Gasteiger charge is -2.49. The van der Waals surface area contributed by atoms with Crippen LogP contribution in [0.15, 0.2) is 0 Å². The second-order valence-electron chi connectivity index (χ2n) is 6.62. The Morgan fingerprint density at radius 1 is 1.20 bits per heavy atom. The highest BCUT2D eigenvalue weighted by Gasteiger charge is 2.44. The third kappa shape index (κ3) is 3.42. The molecule has 1 N–H and O–H groups in total. The van der Waals surface area contributed by atoms with Crippen LogP contribution in [-0.2, 0) is 9.53 Å². The Hall–Kier alpha value is -1.30. The molecular weight excluding hydrogens is 260 g/mol. The minimum absolute atomic E-state index is 0.0554. The summed E-state index contributed by atoms with van der Waals surface area (Å²) in [5.74, 6) is 0.104. The Morgan fingerprint density at radius 2 is 1.75 bits per heavy atom. The standard InChI is InChI=1S/C14H24N2O4/c1-10-4-11(2)6-15(5-10)13(19)16-8-14(3,9-16)20-7-12(17)18/h10-11H,4-9H2,1-3H3,(H,17,18). The number of hydrogen-bond acceptors (Lipinski definition) is 3. The normalized spacial score (nSPS) is 28.9. The molecule has 2 amide bonds. The average molecular weight is 284 g/mol. The number of hydrogen-bond donors (Lipinski definition) is 1. The van der Waals surface area contributed by atoms with E-state index in [0.717, 1.165) is 13.1 Å². The van der Waals surface area contributed by atoms with Crippen LogP contribution in [0, 0.1) is 11.8 Å². The van der Waals surface area contributed by atoms with Gasteiger partial charge in [0.05, 0.1) is 13.1 Å². The molecule has 2 atom stereocenters. The quantitative estimate of drug-likeness (QED) is 0.847. The van der Waals surface area contributed by atoms with Crippen molar-refractivity contribution in [3.8, 4) is 0 Å². The fourth-order valence-corrected chi connectivity index (χ4v) is 3.24. The van der Waals surface area contributed by atoms with Crippen molar-refractivity contribution < 1.29 is 19.4 Å². The van der Waals surface area contributed by atoms with Gasteiger partial charge in [-0.2, -0.15) is 0 Å². The molecule has 2 unspecified atom stereocenters. The van der Waals surface area contributed by atoms with E-state index in [2.05, 4.69) is 13.8 Å². The zero-order valence-corrected chi connectivity index (χ0v) is 12.5. The molecule has 0 aliphatic carbocycles. The molecule has 2 rings (SSSR count). The maximum absolute atomic E-state index is 12.4. The summed E-state index contributed by atoms with van der Waals surface area (Å²) in [4.78, 5) is 26.5. The minimum atomic E-state index is -0.977. The van der Waals surface area contributed by atoms with E-state index in [1.54, 1.807) is 4.90 Å². The van der Waals surface area contributed by atoms with Gasteiger partial charge >= 0.3 is 12.0 Å². The number of urea groups is 1. The number of piperidine rings is 1. The minimum Gasteiger partial charge on any atom is -0.480 e. The highest BCUT2D eigenvalue weighted by Crippen LogP contribution is 2.28. The first-order valence-electron chi connectivity index (χ1n) is 7.19. The predicted molar refractivity (Wildman–Crippen MR) is 73.5 cm³/mol. The smallest absolute Gasteiger partial charge is 0.329 e. The van der Waals surface area contributed by atoms with Crippen molar-refractivity contribution in [3.05, 3.63) is 0 Å². The van der Waals surface area contributed by atoms with Crippen LogP contribution in [0.1, 0.15) is 27.2 Å². The molecule has 0 aromatic rings. The van der Waals surface area contributed by atoms with Crippen LogP contribution in [0.5, 0.6) is 0 Å². The molecule has 2 heterocycles. The third-order valence-electron chi connectivity index (χ3n) is 4.00. The molecule has 0 radical (unpaired) electrons. The van der Waals surface area contributed by atoms with Crippen molar-refractivity contribution in [2.45, 2.75) is 32.8 Å². The number of carboxylic acid groups (broad SMARTS) is 1. The van der Waals surface area contributed by atoms with Crippen LogP contribution in [0.25, 0.3) is 0 Å². The Morgan fingerprint density at radius 3 is 2.25 bits per heavy atom. The van der Waals surface area contributed by atoms with Gasteiger partial charge in [-0.3, -0.25) is 0 Å². The molecule has 2 aliphatic heterocycles. The summed E-state index contributed by atoms with van der Waals surface area (Å²) in [6.45, 7) is 8.45. The summed E-state index contributed by atoms with van der Waals surface area (Å²) in [7, 11) is 0. The van der Waals surface area contributed by atoms with E-state index in [9.17, 15) is 9.59 Å². The number of likely N-dealkylation sites (tertiary alicyclic amines) is 2. The number of carboxylic acids is 1. The van der Waals surface area contributed by atoms with Crippen molar-refractivity contribution in [1.29, 1.82) is 0 Å². The van der Waals surface area contributed by atoms with E-state index < -0.39 is 11.6 Å². The molecule has 2 saturated heterocycles. The van der Waals surface area contributed by atoms with Gasteiger partial charge in [-0.15, -0.1) is 0 Å². The fourth-order valence-electron chi connectivity index (χ4n) is 3.24. The number of aliphatic carboxylic acids is 1. The first-order chi connectivity index (χ1) is 9.29. The second-order valence-corrected chi connectivity index (χ2v) is 6.62. The van der Waals surface area contributed by atoms with Gasteiger partial charge in [0.15, 0.2) is 0 Å². The van der Waals surface area contributed by atoms with Crippen molar-refractivity contribution in [2.24, 2.45) is 11.8 Å². The van der Waals surface area contributed by atoms with Crippen molar-refractivity contribution >= 4 is 12.0 Å². The molecule has 114 valence electrons. The molecule has 2 fully saturated rings. The zero-order valence-electron chi connectivity index (χ0n) is 12.5. The summed E-state index contributed by atoms with van der Waals surface area (Å²) in [5, 5.41) is 8.62. The third-order valence-corrected chi connectivity index (χ3v) is 4.00. The first kappa shape index (κ1) is 15.1. The Kier molecular flexibility index (Phi) is 4.22. The first-order valence-corrected chi connectivity index (χ1v) is 7.19. The number of rotatable bonds is 3. The van der Waals surface area contributed by atoms with Crippen LogP contribution < -0.4 is 0 Å². The lowest BCUT2D eigenvalue weighted by atomic mass is 9.91. The molecule has 6 heteroatoms. The average Bonchev–Trinajstić information content (AvgIpc) is 2.31. The van der Waals surface area contributed by atoms with E-state index >= 15 is 0 Å². The topological polar surface area (TPSA) is 70.1 Å². The van der Waals surface area contributed by atoms with Gasteiger partial charge in [0.1, 0.15) is 12.2 Å². The van der Waals surface area contributed by atoms with E-state index in [4.69, 9.17) is 9.84 Å². The van der Waals surface area contributed by atoms with Crippen LogP contribution in [0.2, 0.25) is 0 Å². The lowest BCUT2D eigenvalue weighted by molar-refractivity contribution is -0.160. The number of carbonyl (C=O) groups excluding carboxylic acids is 1. The highest BCUT2D eigenvalue weighted by molar-refractivity contribution is 5.76. The van der Waals surface area contributed by atoms with Crippen LogP contribution >= 0.6 is 0 Å². The Labute approximate surface area is 119 Å². The van der Waals surface area contributed by atoms with E-state index in [0.29, 0.717) is 24.9 Å². The SMILES string of the molecule is CC1CC(C)CN(C(=O)N2CC(C)(OCC(=O)O)C2)C1. The van der Waals surface area contributed by atoms with Crippen molar-refractivity contribution in [2.75, 3.05) is 32.8 Å². The largest absolute Gasteiger partial charge is 0.480 e. The van der Waals surface area contributed by atoms with Crippen LogP contribution in [0.3, 0.4) is 0 Å². The van der Waals surface area contributed by atoms with Crippen molar-refractivity contribution in [3.63, 3.8) is 0 Å².